The molecule has 6 heteroatoms. The third-order valence-electron chi connectivity index (χ3n) is 2.93. The molecule has 21 heavy (non-hydrogen) atoms. The van der Waals surface area contributed by atoms with Gasteiger partial charge in [-0.25, -0.2) is 0 Å². The Bertz CT molecular complexity index is 467. The van der Waals surface area contributed by atoms with Gasteiger partial charge in [-0.3, -0.25) is 0 Å². The van der Waals surface area contributed by atoms with Crippen LogP contribution in [0, 0.1) is 0 Å². The summed E-state index contributed by atoms with van der Waals surface area (Å²) in [6, 6.07) is 5.17. The number of nitrogens with one attached hydrogen (secondary N) is 1. The molecule has 1 N–H and O–H groups in total. The molecular formula is C15H22ClF3N2. The zero-order valence-corrected chi connectivity index (χ0v) is 13.6. The number of halogens is 4. The van der Waals surface area contributed by atoms with Crippen molar-refractivity contribution in [2.75, 3.05) is 18.0 Å². The van der Waals surface area contributed by atoms with Crippen LogP contribution in [0.1, 0.15) is 33.3 Å². The first-order chi connectivity index (χ1) is 9.52. The number of benzene rings is 1. The lowest BCUT2D eigenvalue weighted by atomic mass is 10.1. The Labute approximate surface area is 129 Å². The number of alkyl halides is 3. The highest BCUT2D eigenvalue weighted by molar-refractivity contribution is 6.33. The van der Waals surface area contributed by atoms with Gasteiger partial charge >= 0.3 is 6.18 Å². The van der Waals surface area contributed by atoms with Crippen molar-refractivity contribution in [2.45, 2.75) is 46.0 Å². The maximum absolute atomic E-state index is 12.5. The summed E-state index contributed by atoms with van der Waals surface area (Å²) in [6.07, 6.45) is -4.24. The van der Waals surface area contributed by atoms with E-state index < -0.39 is 12.7 Å². The van der Waals surface area contributed by atoms with Crippen molar-refractivity contribution in [3.8, 4) is 0 Å². The van der Waals surface area contributed by atoms with E-state index in [-0.39, 0.29) is 12.1 Å². The van der Waals surface area contributed by atoms with E-state index in [1.54, 1.807) is 25.1 Å². The highest BCUT2D eigenvalue weighted by Gasteiger charge is 2.31. The molecule has 0 atom stereocenters. The first-order valence-electron chi connectivity index (χ1n) is 6.87. The van der Waals surface area contributed by atoms with E-state index in [1.165, 1.54) is 4.90 Å². The average molecular weight is 323 g/mol. The molecule has 0 saturated carbocycles. The van der Waals surface area contributed by atoms with Crippen LogP contribution in [0.4, 0.5) is 18.9 Å². The van der Waals surface area contributed by atoms with Gasteiger partial charge in [0.15, 0.2) is 0 Å². The zero-order chi connectivity index (χ0) is 16.3. The topological polar surface area (TPSA) is 15.3 Å². The second-order valence-corrected chi connectivity index (χ2v) is 6.43. The first kappa shape index (κ1) is 18.1. The maximum atomic E-state index is 12.5. The molecule has 2 nitrogen and oxygen atoms in total. The molecule has 0 saturated heterocycles. The van der Waals surface area contributed by atoms with Gasteiger partial charge in [-0.15, -0.1) is 0 Å². The molecule has 0 amide bonds. The minimum atomic E-state index is -4.24. The lowest BCUT2D eigenvalue weighted by Crippen LogP contribution is -2.35. The highest BCUT2D eigenvalue weighted by atomic mass is 35.5. The summed E-state index contributed by atoms with van der Waals surface area (Å²) < 4.78 is 37.6. The Hall–Kier alpha value is -0.940. The minimum Gasteiger partial charge on any atom is -0.362 e. The van der Waals surface area contributed by atoms with Gasteiger partial charge in [-0.2, -0.15) is 13.2 Å². The van der Waals surface area contributed by atoms with Gasteiger partial charge in [-0.1, -0.05) is 17.7 Å². The first-order valence-corrected chi connectivity index (χ1v) is 7.25. The van der Waals surface area contributed by atoms with E-state index in [4.69, 9.17) is 11.6 Å². The van der Waals surface area contributed by atoms with Crippen LogP contribution in [0.3, 0.4) is 0 Å². The molecule has 0 radical (unpaired) electrons. The van der Waals surface area contributed by atoms with Crippen LogP contribution in [0.25, 0.3) is 0 Å². The normalized spacial score (nSPS) is 12.6. The number of hydrogen-bond donors (Lipinski definition) is 1. The molecule has 1 aromatic carbocycles. The molecule has 0 spiro atoms. The summed E-state index contributed by atoms with van der Waals surface area (Å²) in [5.41, 5.74) is 1.33. The standard InChI is InChI=1S/C15H22ClF3N2/c1-5-21(10-15(17,18)19)13-7-6-11(8-12(13)16)9-20-14(2,3)4/h6-8,20H,5,9-10H2,1-4H3. The van der Waals surface area contributed by atoms with Crippen LogP contribution in [0.2, 0.25) is 5.02 Å². The Morgan fingerprint density at radius 3 is 2.24 bits per heavy atom. The fraction of sp³-hybridized carbons (Fsp3) is 0.600. The van der Waals surface area contributed by atoms with E-state index in [1.807, 2.05) is 20.8 Å². The summed E-state index contributed by atoms with van der Waals surface area (Å²) in [7, 11) is 0. The third kappa shape index (κ3) is 6.57. The Kier molecular flexibility index (Phi) is 5.93. The van der Waals surface area contributed by atoms with Crippen molar-refractivity contribution in [2.24, 2.45) is 0 Å². The Morgan fingerprint density at radius 2 is 1.81 bits per heavy atom. The molecule has 1 rings (SSSR count). The van der Waals surface area contributed by atoms with Gasteiger partial charge in [-0.05, 0) is 45.4 Å². The predicted molar refractivity (Wildman–Crippen MR) is 82.0 cm³/mol. The Balaban J connectivity index is 2.86. The fourth-order valence-electron chi connectivity index (χ4n) is 1.87. The quantitative estimate of drug-likeness (QED) is 0.851. The molecule has 1 aromatic rings. The van der Waals surface area contributed by atoms with Gasteiger partial charge in [0.25, 0.3) is 0 Å². The van der Waals surface area contributed by atoms with E-state index in [0.29, 0.717) is 17.3 Å². The fourth-order valence-corrected chi connectivity index (χ4v) is 2.19. The van der Waals surface area contributed by atoms with Gasteiger partial charge in [0.1, 0.15) is 6.54 Å². The SMILES string of the molecule is CCN(CC(F)(F)F)c1ccc(CNC(C)(C)C)cc1Cl. The van der Waals surface area contributed by atoms with Crippen LogP contribution in [-0.2, 0) is 6.54 Å². The van der Waals surface area contributed by atoms with Gasteiger partial charge in [0.05, 0.1) is 10.7 Å². The molecule has 0 aliphatic carbocycles. The summed E-state index contributed by atoms with van der Waals surface area (Å²) >= 11 is 6.14. The third-order valence-corrected chi connectivity index (χ3v) is 3.23. The van der Waals surface area contributed by atoms with Crippen molar-refractivity contribution in [1.82, 2.24) is 5.32 Å². The van der Waals surface area contributed by atoms with Crippen LogP contribution in [0.5, 0.6) is 0 Å². The largest absolute Gasteiger partial charge is 0.405 e. The van der Waals surface area contributed by atoms with Crippen LogP contribution in [0.15, 0.2) is 18.2 Å². The summed E-state index contributed by atoms with van der Waals surface area (Å²) in [5, 5.41) is 3.66. The maximum Gasteiger partial charge on any atom is 0.405 e. The number of hydrogen-bond acceptors (Lipinski definition) is 2. The molecular weight excluding hydrogens is 301 g/mol. The molecule has 0 aliphatic rings. The smallest absolute Gasteiger partial charge is 0.362 e. The van der Waals surface area contributed by atoms with Crippen molar-refractivity contribution in [3.05, 3.63) is 28.8 Å². The Morgan fingerprint density at radius 1 is 1.19 bits per heavy atom. The van der Waals surface area contributed by atoms with Gasteiger partial charge in [0, 0.05) is 18.6 Å². The van der Waals surface area contributed by atoms with Crippen molar-refractivity contribution >= 4 is 17.3 Å². The molecule has 0 heterocycles. The lowest BCUT2D eigenvalue weighted by Gasteiger charge is -2.26. The summed E-state index contributed by atoms with van der Waals surface area (Å²) in [4.78, 5) is 1.23. The van der Waals surface area contributed by atoms with Crippen LogP contribution in [-0.4, -0.2) is 24.8 Å². The number of nitrogens with zero attached hydrogens (tertiary/aromatic N) is 1. The van der Waals surface area contributed by atoms with E-state index in [2.05, 4.69) is 5.32 Å². The van der Waals surface area contributed by atoms with Crippen LogP contribution < -0.4 is 10.2 Å². The highest BCUT2D eigenvalue weighted by Crippen LogP contribution is 2.29. The van der Waals surface area contributed by atoms with E-state index >= 15 is 0 Å². The molecule has 0 aliphatic heterocycles. The van der Waals surface area contributed by atoms with Crippen LogP contribution >= 0.6 is 11.6 Å². The predicted octanol–water partition coefficient (Wildman–Crippen LogP) is 4.62. The van der Waals surface area contributed by atoms with E-state index in [9.17, 15) is 13.2 Å². The molecule has 0 aromatic heterocycles. The van der Waals surface area contributed by atoms with Crippen molar-refractivity contribution in [1.29, 1.82) is 0 Å². The average Bonchev–Trinajstić information content (AvgIpc) is 2.32. The number of anilines is 1. The second-order valence-electron chi connectivity index (χ2n) is 6.02. The van der Waals surface area contributed by atoms with Crippen molar-refractivity contribution in [3.63, 3.8) is 0 Å². The number of rotatable bonds is 5. The lowest BCUT2D eigenvalue weighted by molar-refractivity contribution is -0.119. The minimum absolute atomic E-state index is 0.0309. The monoisotopic (exact) mass is 322 g/mol. The molecule has 0 fully saturated rings. The zero-order valence-electron chi connectivity index (χ0n) is 12.8. The molecule has 0 bridgehead atoms. The second kappa shape index (κ2) is 6.88. The van der Waals surface area contributed by atoms with Gasteiger partial charge in [0.2, 0.25) is 0 Å². The van der Waals surface area contributed by atoms with E-state index in [0.717, 1.165) is 5.56 Å². The van der Waals surface area contributed by atoms with Gasteiger partial charge < -0.3 is 10.2 Å². The summed E-state index contributed by atoms with van der Waals surface area (Å²) in [6.45, 7) is 7.69. The molecule has 0 unspecified atom stereocenters. The van der Waals surface area contributed by atoms with Crippen molar-refractivity contribution < 1.29 is 13.2 Å². The molecule has 120 valence electrons. The summed E-state index contributed by atoms with van der Waals surface area (Å²) in [5.74, 6) is 0.